The average Bonchev–Trinajstić information content (AvgIpc) is 2.51. The second-order valence-corrected chi connectivity index (χ2v) is 6.73. The highest BCUT2D eigenvalue weighted by Gasteiger charge is 2.26. The van der Waals surface area contributed by atoms with Crippen LogP contribution in [0.4, 0.5) is 27.6 Å². The molecule has 11 heteroatoms. The third-order valence-electron chi connectivity index (χ3n) is 2.64. The number of hydrazine groups is 1. The van der Waals surface area contributed by atoms with Gasteiger partial charge in [-0.25, -0.2) is 30.4 Å². The van der Waals surface area contributed by atoms with E-state index in [1.165, 1.54) is 22.4 Å². The van der Waals surface area contributed by atoms with E-state index >= 15 is 0 Å². The normalized spacial score (nSPS) is 11.6. The molecule has 2 aromatic rings. The fourth-order valence-corrected chi connectivity index (χ4v) is 2.62. The molecule has 0 unspecified atom stereocenters. The summed E-state index contributed by atoms with van der Waals surface area (Å²) in [5.74, 6) is -11.1. The molecule has 0 fully saturated rings. The van der Waals surface area contributed by atoms with Crippen molar-refractivity contribution in [2.24, 2.45) is 0 Å². The van der Waals surface area contributed by atoms with Gasteiger partial charge in [0.2, 0.25) is 5.82 Å². The summed E-state index contributed by atoms with van der Waals surface area (Å²) < 4.78 is 90.0. The molecule has 0 bridgehead atoms. The fourth-order valence-electron chi connectivity index (χ4n) is 1.51. The molecule has 2 aromatic carbocycles. The highest BCUT2D eigenvalue weighted by molar-refractivity contribution is 9.10. The van der Waals surface area contributed by atoms with Crippen LogP contribution in [-0.4, -0.2) is 8.42 Å². The van der Waals surface area contributed by atoms with Crippen molar-refractivity contribution in [3.05, 3.63) is 57.8 Å². The fraction of sp³-hybridized carbons (Fsp3) is 0. The number of halogens is 6. The zero-order valence-electron chi connectivity index (χ0n) is 10.8. The van der Waals surface area contributed by atoms with Crippen LogP contribution in [0, 0.1) is 29.1 Å². The number of nitrogens with one attached hydrogen (secondary N) is 2. The first kappa shape index (κ1) is 17.6. The Morgan fingerprint density at radius 3 is 1.70 bits per heavy atom. The second-order valence-electron chi connectivity index (χ2n) is 4.13. The van der Waals surface area contributed by atoms with Gasteiger partial charge < -0.3 is 5.43 Å². The van der Waals surface area contributed by atoms with E-state index in [1.54, 1.807) is 0 Å². The smallest absolute Gasteiger partial charge is 0.257 e. The monoisotopic (exact) mass is 416 g/mol. The molecular formula is C12H6BrF5N2O2S. The van der Waals surface area contributed by atoms with E-state index in [0.717, 1.165) is 12.1 Å². The van der Waals surface area contributed by atoms with Crippen LogP contribution in [-0.2, 0) is 10.0 Å². The lowest BCUT2D eigenvalue weighted by atomic mass is 10.2. The molecule has 4 nitrogen and oxygen atoms in total. The van der Waals surface area contributed by atoms with Gasteiger partial charge in [-0.05, 0) is 24.3 Å². The predicted octanol–water partition coefficient (Wildman–Crippen LogP) is 3.45. The molecular weight excluding hydrogens is 411 g/mol. The molecule has 0 aliphatic rings. The van der Waals surface area contributed by atoms with Crippen molar-refractivity contribution in [1.29, 1.82) is 0 Å². The molecule has 0 atom stereocenters. The predicted molar refractivity (Wildman–Crippen MR) is 74.3 cm³/mol. The first-order valence-electron chi connectivity index (χ1n) is 5.70. The number of sulfonamides is 1. The van der Waals surface area contributed by atoms with Crippen LogP contribution in [0.3, 0.4) is 0 Å². The van der Waals surface area contributed by atoms with E-state index < -0.39 is 44.8 Å². The van der Waals surface area contributed by atoms with Crippen molar-refractivity contribution >= 4 is 31.6 Å². The van der Waals surface area contributed by atoms with Gasteiger partial charge in [0.05, 0.1) is 4.90 Å². The van der Waals surface area contributed by atoms with Crippen molar-refractivity contribution in [2.75, 3.05) is 5.43 Å². The van der Waals surface area contributed by atoms with Crippen LogP contribution in [0.1, 0.15) is 0 Å². The molecule has 0 aliphatic heterocycles. The molecule has 0 aliphatic carbocycles. The molecule has 2 N–H and O–H groups in total. The minimum Gasteiger partial charge on any atom is -0.302 e. The standard InChI is InChI=1S/C12H6BrF5N2O2S/c13-5-1-3-6(4-2-5)23(21,22)20-19-12-10(17)8(15)7(14)9(16)11(12)18/h1-4,19-20H. The molecule has 23 heavy (non-hydrogen) atoms. The highest BCUT2D eigenvalue weighted by atomic mass is 79.9. The van der Waals surface area contributed by atoms with Gasteiger partial charge in [0.15, 0.2) is 23.3 Å². The Bertz CT molecular complexity index is 830. The van der Waals surface area contributed by atoms with Gasteiger partial charge in [0.1, 0.15) is 5.69 Å². The lowest BCUT2D eigenvalue weighted by Crippen LogP contribution is -2.31. The van der Waals surface area contributed by atoms with Crippen LogP contribution in [0.2, 0.25) is 0 Å². The van der Waals surface area contributed by atoms with E-state index in [1.807, 2.05) is 0 Å². The van der Waals surface area contributed by atoms with E-state index in [-0.39, 0.29) is 4.90 Å². The summed E-state index contributed by atoms with van der Waals surface area (Å²) in [7, 11) is -4.30. The molecule has 0 aromatic heterocycles. The van der Waals surface area contributed by atoms with Crippen LogP contribution >= 0.6 is 15.9 Å². The maximum Gasteiger partial charge on any atom is 0.257 e. The van der Waals surface area contributed by atoms with Gasteiger partial charge in [0, 0.05) is 4.47 Å². The Hall–Kier alpha value is -1.72. The maximum atomic E-state index is 13.4. The van der Waals surface area contributed by atoms with Crippen LogP contribution in [0.25, 0.3) is 0 Å². The Labute approximate surface area is 135 Å². The van der Waals surface area contributed by atoms with Gasteiger partial charge in [0.25, 0.3) is 10.0 Å². The molecule has 0 amide bonds. The van der Waals surface area contributed by atoms with E-state index in [9.17, 15) is 30.4 Å². The number of benzene rings is 2. The minimum atomic E-state index is -4.30. The van der Waals surface area contributed by atoms with E-state index in [0.29, 0.717) is 4.47 Å². The molecule has 0 saturated heterocycles. The lowest BCUT2D eigenvalue weighted by molar-refractivity contribution is 0.381. The Morgan fingerprint density at radius 2 is 1.22 bits per heavy atom. The number of hydrogen-bond donors (Lipinski definition) is 2. The minimum absolute atomic E-state index is 0.294. The summed E-state index contributed by atoms with van der Waals surface area (Å²) in [5, 5.41) is 0. The Balaban J connectivity index is 2.33. The van der Waals surface area contributed by atoms with Gasteiger partial charge >= 0.3 is 0 Å². The lowest BCUT2D eigenvalue weighted by Gasteiger charge is -2.12. The third-order valence-corrected chi connectivity index (χ3v) is 4.44. The van der Waals surface area contributed by atoms with Gasteiger partial charge in [-0.1, -0.05) is 15.9 Å². The summed E-state index contributed by atoms with van der Waals surface area (Å²) in [4.78, 5) is 1.24. The van der Waals surface area contributed by atoms with Crippen molar-refractivity contribution in [2.45, 2.75) is 4.90 Å². The van der Waals surface area contributed by atoms with Crippen molar-refractivity contribution in [1.82, 2.24) is 4.83 Å². The maximum absolute atomic E-state index is 13.4. The quantitative estimate of drug-likeness (QED) is 0.347. The van der Waals surface area contributed by atoms with Crippen LogP contribution in [0.5, 0.6) is 0 Å². The summed E-state index contributed by atoms with van der Waals surface area (Å²) in [6.45, 7) is 0. The molecule has 2 rings (SSSR count). The van der Waals surface area contributed by atoms with Crippen molar-refractivity contribution < 1.29 is 30.4 Å². The first-order valence-corrected chi connectivity index (χ1v) is 7.97. The SMILES string of the molecule is O=S(=O)(NNc1c(F)c(F)c(F)c(F)c1F)c1ccc(Br)cc1. The van der Waals surface area contributed by atoms with Crippen LogP contribution < -0.4 is 10.3 Å². The second kappa shape index (κ2) is 6.42. The third kappa shape index (κ3) is 3.46. The number of rotatable bonds is 4. The van der Waals surface area contributed by atoms with Gasteiger partial charge in [-0.15, -0.1) is 4.83 Å². The van der Waals surface area contributed by atoms with Gasteiger partial charge in [-0.3, -0.25) is 0 Å². The molecule has 0 spiro atoms. The summed E-state index contributed by atoms with van der Waals surface area (Å²) in [6.07, 6.45) is 0. The number of hydrogen-bond acceptors (Lipinski definition) is 3. The zero-order chi connectivity index (χ0) is 17.4. The summed E-state index contributed by atoms with van der Waals surface area (Å²) in [5.41, 5.74) is -0.0148. The summed E-state index contributed by atoms with van der Waals surface area (Å²) in [6, 6.07) is 5.08. The molecule has 0 heterocycles. The summed E-state index contributed by atoms with van der Waals surface area (Å²) >= 11 is 3.08. The molecule has 0 radical (unpaired) electrons. The van der Waals surface area contributed by atoms with E-state index in [2.05, 4.69) is 15.9 Å². The average molecular weight is 417 g/mol. The van der Waals surface area contributed by atoms with Gasteiger partial charge in [-0.2, -0.15) is 0 Å². The topological polar surface area (TPSA) is 58.2 Å². The Morgan fingerprint density at radius 1 is 0.783 bits per heavy atom. The highest BCUT2D eigenvalue weighted by Crippen LogP contribution is 2.26. The number of anilines is 1. The first-order chi connectivity index (χ1) is 10.6. The molecule has 124 valence electrons. The van der Waals surface area contributed by atoms with Crippen LogP contribution in [0.15, 0.2) is 33.6 Å². The van der Waals surface area contributed by atoms with E-state index in [4.69, 9.17) is 0 Å². The Kier molecular flexibility index (Phi) is 4.92. The molecule has 0 saturated carbocycles. The van der Waals surface area contributed by atoms with Crippen molar-refractivity contribution in [3.63, 3.8) is 0 Å². The largest absolute Gasteiger partial charge is 0.302 e. The van der Waals surface area contributed by atoms with Crippen molar-refractivity contribution in [3.8, 4) is 0 Å². The zero-order valence-corrected chi connectivity index (χ0v) is 13.2.